The Hall–Kier alpha value is -3.74. The highest BCUT2D eigenvalue weighted by Gasteiger charge is 2.17. The third-order valence-corrected chi connectivity index (χ3v) is 3.82. The van der Waals surface area contributed by atoms with Gasteiger partial charge in [-0.2, -0.15) is 0 Å². The van der Waals surface area contributed by atoms with Crippen molar-refractivity contribution in [3.05, 3.63) is 66.4 Å². The number of aromatic nitrogens is 1. The second-order valence-electron chi connectivity index (χ2n) is 5.59. The molecular weight excluding hydrogens is 334 g/mol. The Balaban J connectivity index is 1.54. The molecule has 4 rings (SSSR count). The minimum absolute atomic E-state index is 0.156. The molecule has 0 aliphatic carbocycles. The van der Waals surface area contributed by atoms with Crippen LogP contribution < -0.4 is 20.1 Å². The molecule has 1 amide bonds. The highest BCUT2D eigenvalue weighted by Crippen LogP contribution is 2.33. The maximum Gasteiger partial charge on any atom is 0.255 e. The highest BCUT2D eigenvalue weighted by atomic mass is 16.7. The molecular formula is C19H15N3O4. The number of nitrogens with one attached hydrogen (secondary N) is 2. The molecule has 7 heteroatoms. The zero-order chi connectivity index (χ0) is 17.9. The van der Waals surface area contributed by atoms with Crippen LogP contribution in [0.2, 0.25) is 0 Å². The summed E-state index contributed by atoms with van der Waals surface area (Å²) < 4.78 is 10.6. The fraction of sp³-hybridized carbons (Fsp3) is 0.0526. The van der Waals surface area contributed by atoms with Crippen LogP contribution >= 0.6 is 0 Å². The van der Waals surface area contributed by atoms with Gasteiger partial charge in [-0.1, -0.05) is 0 Å². The first-order chi connectivity index (χ1) is 12.7. The van der Waals surface area contributed by atoms with E-state index in [4.69, 9.17) is 9.47 Å². The van der Waals surface area contributed by atoms with Crippen molar-refractivity contribution in [2.24, 2.45) is 0 Å². The van der Waals surface area contributed by atoms with Crippen molar-refractivity contribution < 1.29 is 19.4 Å². The fourth-order valence-electron chi connectivity index (χ4n) is 2.52. The second-order valence-corrected chi connectivity index (χ2v) is 5.59. The van der Waals surface area contributed by atoms with E-state index in [1.807, 2.05) is 0 Å². The number of carbonyl (C=O) groups excluding carboxylic acids is 1. The Bertz CT molecular complexity index is 957. The van der Waals surface area contributed by atoms with Crippen molar-refractivity contribution in [2.75, 3.05) is 17.4 Å². The number of rotatable bonds is 4. The van der Waals surface area contributed by atoms with Crippen LogP contribution in [0.25, 0.3) is 0 Å². The number of anilines is 3. The number of benzene rings is 2. The summed E-state index contributed by atoms with van der Waals surface area (Å²) in [6, 6.07) is 15.1. The van der Waals surface area contributed by atoms with E-state index in [9.17, 15) is 9.90 Å². The number of ether oxygens (including phenoxy) is 2. The first kappa shape index (κ1) is 15.8. The van der Waals surface area contributed by atoms with Gasteiger partial charge in [0.15, 0.2) is 17.3 Å². The maximum absolute atomic E-state index is 12.6. The van der Waals surface area contributed by atoms with Crippen LogP contribution in [0.5, 0.6) is 17.2 Å². The zero-order valence-corrected chi connectivity index (χ0v) is 13.6. The predicted octanol–water partition coefficient (Wildman–Crippen LogP) is 3.51. The molecule has 2 heterocycles. The number of hydrogen-bond donors (Lipinski definition) is 3. The van der Waals surface area contributed by atoms with E-state index in [-0.39, 0.29) is 18.4 Å². The molecule has 0 saturated heterocycles. The van der Waals surface area contributed by atoms with E-state index < -0.39 is 0 Å². The number of aromatic hydroxyl groups is 1. The molecule has 1 aliphatic heterocycles. The van der Waals surface area contributed by atoms with Gasteiger partial charge in [0.1, 0.15) is 5.75 Å². The molecule has 0 radical (unpaired) electrons. The summed E-state index contributed by atoms with van der Waals surface area (Å²) in [7, 11) is 0. The number of phenolic OH excluding ortho intramolecular Hbond substituents is 1. The van der Waals surface area contributed by atoms with Gasteiger partial charge in [0.2, 0.25) is 6.79 Å². The van der Waals surface area contributed by atoms with Gasteiger partial charge in [-0.25, -0.2) is 4.98 Å². The van der Waals surface area contributed by atoms with E-state index in [0.29, 0.717) is 28.6 Å². The van der Waals surface area contributed by atoms with Gasteiger partial charge < -0.3 is 25.2 Å². The molecule has 130 valence electrons. The fourth-order valence-corrected chi connectivity index (χ4v) is 2.52. The molecule has 0 fully saturated rings. The van der Waals surface area contributed by atoms with Crippen molar-refractivity contribution in [3.8, 4) is 17.2 Å². The summed E-state index contributed by atoms with van der Waals surface area (Å²) in [4.78, 5) is 16.8. The van der Waals surface area contributed by atoms with Gasteiger partial charge in [0.05, 0.1) is 5.69 Å². The molecule has 0 saturated carbocycles. The predicted molar refractivity (Wildman–Crippen MR) is 96.1 cm³/mol. The number of hydrogen-bond acceptors (Lipinski definition) is 6. The molecule has 2 aromatic carbocycles. The first-order valence-electron chi connectivity index (χ1n) is 7.91. The third kappa shape index (κ3) is 3.23. The number of fused-ring (bicyclic) bond motifs is 1. The zero-order valence-electron chi connectivity index (χ0n) is 13.6. The number of carbonyl (C=O) groups is 1. The Labute approximate surface area is 149 Å². The molecule has 0 unspecified atom stereocenters. The molecule has 3 aromatic rings. The Kier molecular flexibility index (Phi) is 4.03. The molecule has 26 heavy (non-hydrogen) atoms. The summed E-state index contributed by atoms with van der Waals surface area (Å²) in [6.07, 6.45) is 1.62. The van der Waals surface area contributed by atoms with Crippen molar-refractivity contribution in [1.82, 2.24) is 4.98 Å². The van der Waals surface area contributed by atoms with Gasteiger partial charge in [-0.15, -0.1) is 0 Å². The molecule has 3 N–H and O–H groups in total. The van der Waals surface area contributed by atoms with Crippen LogP contribution in [-0.2, 0) is 0 Å². The number of pyridine rings is 1. The van der Waals surface area contributed by atoms with Crippen molar-refractivity contribution in [2.45, 2.75) is 0 Å². The molecule has 0 bridgehead atoms. The minimum atomic E-state index is -0.287. The largest absolute Gasteiger partial charge is 0.508 e. The number of nitrogens with zero attached hydrogens (tertiary/aromatic N) is 1. The lowest BCUT2D eigenvalue weighted by Gasteiger charge is -2.12. The number of amides is 1. The quantitative estimate of drug-likeness (QED) is 0.624. The lowest BCUT2D eigenvalue weighted by molar-refractivity contribution is 0.102. The van der Waals surface area contributed by atoms with Crippen LogP contribution in [0, 0.1) is 0 Å². The van der Waals surface area contributed by atoms with E-state index >= 15 is 0 Å². The normalized spacial score (nSPS) is 11.8. The van der Waals surface area contributed by atoms with Crippen LogP contribution in [0.15, 0.2) is 60.8 Å². The number of phenols is 1. The summed E-state index contributed by atoms with van der Waals surface area (Å²) in [5.41, 5.74) is 1.72. The monoisotopic (exact) mass is 349 g/mol. The molecule has 1 aliphatic rings. The van der Waals surface area contributed by atoms with E-state index in [0.717, 1.165) is 5.69 Å². The Morgan fingerprint density at radius 1 is 1.04 bits per heavy atom. The summed E-state index contributed by atoms with van der Waals surface area (Å²) in [5.74, 6) is 1.55. The summed E-state index contributed by atoms with van der Waals surface area (Å²) in [6.45, 7) is 0.156. The summed E-state index contributed by atoms with van der Waals surface area (Å²) in [5, 5.41) is 15.3. The van der Waals surface area contributed by atoms with Gasteiger partial charge in [0.25, 0.3) is 5.91 Å². The molecule has 1 aromatic heterocycles. The van der Waals surface area contributed by atoms with Crippen LogP contribution in [0.4, 0.5) is 17.2 Å². The van der Waals surface area contributed by atoms with E-state index in [1.165, 1.54) is 0 Å². The van der Waals surface area contributed by atoms with Gasteiger partial charge in [-0.3, -0.25) is 4.79 Å². The third-order valence-electron chi connectivity index (χ3n) is 3.82. The molecule has 0 atom stereocenters. The van der Waals surface area contributed by atoms with E-state index in [1.54, 1.807) is 60.8 Å². The van der Waals surface area contributed by atoms with Crippen LogP contribution in [0.3, 0.4) is 0 Å². The highest BCUT2D eigenvalue weighted by molar-refractivity contribution is 6.06. The minimum Gasteiger partial charge on any atom is -0.508 e. The Morgan fingerprint density at radius 3 is 2.69 bits per heavy atom. The van der Waals surface area contributed by atoms with Crippen molar-refractivity contribution in [3.63, 3.8) is 0 Å². The van der Waals surface area contributed by atoms with Crippen molar-refractivity contribution >= 4 is 23.1 Å². The lowest BCUT2D eigenvalue weighted by Crippen LogP contribution is -2.13. The smallest absolute Gasteiger partial charge is 0.255 e. The summed E-state index contributed by atoms with van der Waals surface area (Å²) >= 11 is 0. The lowest BCUT2D eigenvalue weighted by atomic mass is 10.2. The van der Waals surface area contributed by atoms with Crippen LogP contribution in [-0.4, -0.2) is 22.8 Å². The average molecular weight is 349 g/mol. The SMILES string of the molecule is O=C(Nc1cccnc1Nc1ccc(O)cc1)c1ccc2c(c1)OCO2. The van der Waals surface area contributed by atoms with E-state index in [2.05, 4.69) is 15.6 Å². The first-order valence-corrected chi connectivity index (χ1v) is 7.91. The standard InChI is InChI=1S/C19H15N3O4/c23-14-6-4-13(5-7-14)21-18-15(2-1-9-20-18)22-19(24)12-3-8-16-17(10-12)26-11-25-16/h1-10,23H,11H2,(H,20,21)(H,22,24). The van der Waals surface area contributed by atoms with Gasteiger partial charge in [-0.05, 0) is 54.6 Å². The van der Waals surface area contributed by atoms with Crippen molar-refractivity contribution in [1.29, 1.82) is 0 Å². The average Bonchev–Trinajstić information content (AvgIpc) is 3.13. The maximum atomic E-state index is 12.6. The Morgan fingerprint density at radius 2 is 1.85 bits per heavy atom. The van der Waals surface area contributed by atoms with Gasteiger partial charge in [0, 0.05) is 17.4 Å². The van der Waals surface area contributed by atoms with Crippen LogP contribution in [0.1, 0.15) is 10.4 Å². The second kappa shape index (κ2) is 6.64. The molecule has 0 spiro atoms. The topological polar surface area (TPSA) is 92.7 Å². The molecule has 7 nitrogen and oxygen atoms in total. The van der Waals surface area contributed by atoms with Gasteiger partial charge >= 0.3 is 0 Å².